The highest BCUT2D eigenvalue weighted by Gasteiger charge is 2.23. The Morgan fingerprint density at radius 1 is 1.28 bits per heavy atom. The van der Waals surface area contributed by atoms with Crippen molar-refractivity contribution in [3.8, 4) is 11.5 Å². The van der Waals surface area contributed by atoms with Gasteiger partial charge < -0.3 is 14.6 Å². The zero-order chi connectivity index (χ0) is 12.5. The molecule has 1 fully saturated rings. The number of ether oxygens (including phenoxy) is 2. The summed E-state index contributed by atoms with van der Waals surface area (Å²) in [6.45, 7) is 2.41. The second-order valence-electron chi connectivity index (χ2n) is 5.15. The molecule has 96 valence electrons. The van der Waals surface area contributed by atoms with E-state index in [1.54, 1.807) is 0 Å². The second kappa shape index (κ2) is 4.65. The first-order chi connectivity index (χ1) is 8.74. The standard InChI is InChI=1S/C15H18O3/c1-10-3-2-4-12(15(10)16)7-11-5-6-13-14(8-11)18-9-17-13/h5-8,10,15-16H,2-4,9H2,1H3. The van der Waals surface area contributed by atoms with Gasteiger partial charge in [-0.3, -0.25) is 0 Å². The van der Waals surface area contributed by atoms with Gasteiger partial charge in [0.2, 0.25) is 6.79 Å². The van der Waals surface area contributed by atoms with Crippen LogP contribution in [0.4, 0.5) is 0 Å². The molecule has 1 heterocycles. The molecule has 1 aliphatic carbocycles. The Bertz CT molecular complexity index is 479. The van der Waals surface area contributed by atoms with Crippen molar-refractivity contribution in [1.29, 1.82) is 0 Å². The summed E-state index contributed by atoms with van der Waals surface area (Å²) in [4.78, 5) is 0. The first-order valence-electron chi connectivity index (χ1n) is 6.52. The van der Waals surface area contributed by atoms with Crippen LogP contribution in [0.1, 0.15) is 31.7 Å². The molecule has 18 heavy (non-hydrogen) atoms. The normalized spacial score (nSPS) is 28.7. The van der Waals surface area contributed by atoms with E-state index in [-0.39, 0.29) is 6.10 Å². The van der Waals surface area contributed by atoms with E-state index in [0.717, 1.165) is 41.9 Å². The molecule has 2 aliphatic rings. The molecular formula is C15H18O3. The van der Waals surface area contributed by atoms with Crippen LogP contribution in [0.15, 0.2) is 23.8 Å². The highest BCUT2D eigenvalue weighted by atomic mass is 16.7. The lowest BCUT2D eigenvalue weighted by molar-refractivity contribution is 0.126. The molecule has 0 amide bonds. The predicted molar refractivity (Wildman–Crippen MR) is 69.6 cm³/mol. The first-order valence-corrected chi connectivity index (χ1v) is 6.52. The van der Waals surface area contributed by atoms with Crippen molar-refractivity contribution < 1.29 is 14.6 Å². The molecule has 0 spiro atoms. The van der Waals surface area contributed by atoms with Crippen LogP contribution in [-0.4, -0.2) is 18.0 Å². The molecule has 3 nitrogen and oxygen atoms in total. The Labute approximate surface area is 107 Å². The third-order valence-electron chi connectivity index (χ3n) is 3.79. The number of aliphatic hydroxyl groups is 1. The monoisotopic (exact) mass is 246 g/mol. The fourth-order valence-corrected chi connectivity index (χ4v) is 2.67. The zero-order valence-electron chi connectivity index (χ0n) is 10.6. The fourth-order valence-electron chi connectivity index (χ4n) is 2.67. The van der Waals surface area contributed by atoms with Gasteiger partial charge in [-0.1, -0.05) is 19.1 Å². The molecule has 0 saturated heterocycles. The molecule has 2 unspecified atom stereocenters. The van der Waals surface area contributed by atoms with E-state index in [4.69, 9.17) is 9.47 Å². The maximum absolute atomic E-state index is 10.2. The first kappa shape index (κ1) is 11.6. The number of benzene rings is 1. The van der Waals surface area contributed by atoms with Crippen molar-refractivity contribution in [2.24, 2.45) is 5.92 Å². The lowest BCUT2D eigenvalue weighted by atomic mass is 9.83. The number of hydrogen-bond acceptors (Lipinski definition) is 3. The van der Waals surface area contributed by atoms with Gasteiger partial charge in [0.15, 0.2) is 11.5 Å². The zero-order valence-corrected chi connectivity index (χ0v) is 10.6. The summed E-state index contributed by atoms with van der Waals surface area (Å²) in [5.41, 5.74) is 2.20. The molecule has 3 rings (SSSR count). The number of aliphatic hydroxyl groups excluding tert-OH is 1. The topological polar surface area (TPSA) is 38.7 Å². The van der Waals surface area contributed by atoms with Gasteiger partial charge in [0, 0.05) is 0 Å². The summed E-state index contributed by atoms with van der Waals surface area (Å²) >= 11 is 0. The van der Waals surface area contributed by atoms with E-state index >= 15 is 0 Å². The molecular weight excluding hydrogens is 228 g/mol. The van der Waals surface area contributed by atoms with Crippen molar-refractivity contribution in [2.75, 3.05) is 6.79 Å². The van der Waals surface area contributed by atoms with E-state index in [1.165, 1.54) is 0 Å². The van der Waals surface area contributed by atoms with Crippen LogP contribution in [0.5, 0.6) is 11.5 Å². The van der Waals surface area contributed by atoms with E-state index in [2.05, 4.69) is 13.0 Å². The summed E-state index contributed by atoms with van der Waals surface area (Å²) in [6, 6.07) is 5.90. The van der Waals surface area contributed by atoms with Crippen LogP contribution < -0.4 is 9.47 Å². The van der Waals surface area contributed by atoms with Gasteiger partial charge in [-0.15, -0.1) is 0 Å². The summed E-state index contributed by atoms with van der Waals surface area (Å²) < 4.78 is 10.7. The van der Waals surface area contributed by atoms with Crippen LogP contribution >= 0.6 is 0 Å². The molecule has 1 N–H and O–H groups in total. The fraction of sp³-hybridized carbons (Fsp3) is 0.467. The third-order valence-corrected chi connectivity index (χ3v) is 3.79. The quantitative estimate of drug-likeness (QED) is 0.828. The third kappa shape index (κ3) is 2.10. The maximum Gasteiger partial charge on any atom is 0.231 e. The highest BCUT2D eigenvalue weighted by molar-refractivity contribution is 5.59. The Balaban J connectivity index is 1.86. The molecule has 0 bridgehead atoms. The Kier molecular flexibility index (Phi) is 3.00. The van der Waals surface area contributed by atoms with Crippen LogP contribution in [0, 0.1) is 5.92 Å². The second-order valence-corrected chi connectivity index (χ2v) is 5.15. The van der Waals surface area contributed by atoms with Crippen LogP contribution in [-0.2, 0) is 0 Å². The lowest BCUT2D eigenvalue weighted by Gasteiger charge is -2.27. The molecule has 1 aromatic rings. The Morgan fingerprint density at radius 2 is 2.11 bits per heavy atom. The number of rotatable bonds is 1. The Hall–Kier alpha value is -1.48. The van der Waals surface area contributed by atoms with Crippen molar-refractivity contribution in [3.05, 3.63) is 29.3 Å². The SMILES string of the molecule is CC1CCCC(=Cc2ccc3c(c2)OCO3)C1O. The molecule has 1 aliphatic heterocycles. The molecule has 0 radical (unpaired) electrons. The maximum atomic E-state index is 10.2. The van der Waals surface area contributed by atoms with Crippen molar-refractivity contribution >= 4 is 6.08 Å². The van der Waals surface area contributed by atoms with Crippen LogP contribution in [0.25, 0.3) is 6.08 Å². The minimum absolute atomic E-state index is 0.301. The van der Waals surface area contributed by atoms with Gasteiger partial charge in [0.05, 0.1) is 6.10 Å². The Morgan fingerprint density at radius 3 is 3.00 bits per heavy atom. The highest BCUT2D eigenvalue weighted by Crippen LogP contribution is 2.35. The minimum Gasteiger partial charge on any atom is -0.454 e. The van der Waals surface area contributed by atoms with E-state index in [9.17, 15) is 5.11 Å². The predicted octanol–water partition coefficient (Wildman–Crippen LogP) is 2.98. The van der Waals surface area contributed by atoms with Crippen molar-refractivity contribution in [2.45, 2.75) is 32.3 Å². The number of fused-ring (bicyclic) bond motifs is 1. The average Bonchev–Trinajstić information content (AvgIpc) is 2.82. The lowest BCUT2D eigenvalue weighted by Crippen LogP contribution is -2.24. The molecule has 2 atom stereocenters. The van der Waals surface area contributed by atoms with Crippen LogP contribution in [0.3, 0.4) is 0 Å². The average molecular weight is 246 g/mol. The van der Waals surface area contributed by atoms with E-state index in [0.29, 0.717) is 12.7 Å². The van der Waals surface area contributed by atoms with Gasteiger partial charge >= 0.3 is 0 Å². The van der Waals surface area contributed by atoms with Gasteiger partial charge in [0.1, 0.15) is 0 Å². The van der Waals surface area contributed by atoms with Gasteiger partial charge in [-0.2, -0.15) is 0 Å². The van der Waals surface area contributed by atoms with E-state index < -0.39 is 0 Å². The summed E-state index contributed by atoms with van der Waals surface area (Å²) in [7, 11) is 0. The van der Waals surface area contributed by atoms with Gasteiger partial charge in [0.25, 0.3) is 0 Å². The summed E-state index contributed by atoms with van der Waals surface area (Å²) in [5, 5.41) is 10.2. The van der Waals surface area contributed by atoms with Crippen molar-refractivity contribution in [3.63, 3.8) is 0 Å². The molecule has 3 heteroatoms. The van der Waals surface area contributed by atoms with Crippen LogP contribution in [0.2, 0.25) is 0 Å². The summed E-state index contributed by atoms with van der Waals surface area (Å²) in [6.07, 6.45) is 5.04. The van der Waals surface area contributed by atoms with Crippen molar-refractivity contribution in [1.82, 2.24) is 0 Å². The number of hydrogen-bond donors (Lipinski definition) is 1. The molecule has 1 aromatic carbocycles. The smallest absolute Gasteiger partial charge is 0.231 e. The minimum atomic E-state index is -0.302. The van der Waals surface area contributed by atoms with Gasteiger partial charge in [-0.25, -0.2) is 0 Å². The van der Waals surface area contributed by atoms with Gasteiger partial charge in [-0.05, 0) is 48.4 Å². The molecule has 1 saturated carbocycles. The summed E-state index contributed by atoms with van der Waals surface area (Å²) in [5.74, 6) is 1.96. The largest absolute Gasteiger partial charge is 0.454 e. The molecule has 0 aromatic heterocycles. The van der Waals surface area contributed by atoms with E-state index in [1.807, 2.05) is 18.2 Å².